The first kappa shape index (κ1) is 16.0. The molecule has 0 unspecified atom stereocenters. The van der Waals surface area contributed by atoms with E-state index in [1.54, 1.807) is 17.6 Å². The van der Waals surface area contributed by atoms with E-state index in [0.717, 1.165) is 21.3 Å². The number of nitrogens with zero attached hydrogens (tertiary/aromatic N) is 2. The maximum atomic E-state index is 11.5. The van der Waals surface area contributed by atoms with E-state index in [4.69, 9.17) is 10.00 Å². The molecule has 120 valence electrons. The molecular weight excluding hydrogens is 324 g/mol. The molecule has 0 atom stereocenters. The maximum absolute atomic E-state index is 11.5. The standard InChI is InChI=1S/C18H14N2O3S/c1-18(2,17(21)22)23-15-13(7-8-14-16(15)24-10-20-14)12-5-3-11(9-19)4-6-12/h3-8,10H,1-2H3,(H,21,22). The van der Waals surface area contributed by atoms with Crippen molar-refractivity contribution in [3.05, 3.63) is 47.5 Å². The van der Waals surface area contributed by atoms with Crippen molar-refractivity contribution in [1.29, 1.82) is 5.26 Å². The van der Waals surface area contributed by atoms with E-state index in [-0.39, 0.29) is 0 Å². The monoisotopic (exact) mass is 338 g/mol. The van der Waals surface area contributed by atoms with Crippen LogP contribution in [0.15, 0.2) is 41.9 Å². The summed E-state index contributed by atoms with van der Waals surface area (Å²) in [5, 5.41) is 18.3. The highest BCUT2D eigenvalue weighted by Crippen LogP contribution is 2.40. The third-order valence-electron chi connectivity index (χ3n) is 3.65. The quantitative estimate of drug-likeness (QED) is 0.775. The van der Waals surface area contributed by atoms with Crippen LogP contribution >= 0.6 is 11.3 Å². The molecule has 0 aliphatic heterocycles. The number of carboxylic acids is 1. The Labute approximate surface area is 142 Å². The topological polar surface area (TPSA) is 83.2 Å². The van der Waals surface area contributed by atoms with E-state index < -0.39 is 11.6 Å². The van der Waals surface area contributed by atoms with Gasteiger partial charge in [-0.1, -0.05) is 12.1 Å². The molecule has 0 saturated heterocycles. The van der Waals surface area contributed by atoms with Crippen LogP contribution in [0.5, 0.6) is 5.75 Å². The first-order valence-corrected chi connectivity index (χ1v) is 8.09. The van der Waals surface area contributed by atoms with Crippen LogP contribution in [0, 0.1) is 11.3 Å². The van der Waals surface area contributed by atoms with Crippen LogP contribution in [0.25, 0.3) is 21.3 Å². The average molecular weight is 338 g/mol. The van der Waals surface area contributed by atoms with E-state index >= 15 is 0 Å². The number of rotatable bonds is 4. The number of fused-ring (bicyclic) bond motifs is 1. The highest BCUT2D eigenvalue weighted by molar-refractivity contribution is 7.17. The molecule has 5 nitrogen and oxygen atoms in total. The first-order valence-electron chi connectivity index (χ1n) is 7.21. The number of thiazole rings is 1. The van der Waals surface area contributed by atoms with Crippen LogP contribution < -0.4 is 4.74 Å². The number of carbonyl (C=O) groups is 1. The minimum atomic E-state index is -1.38. The van der Waals surface area contributed by atoms with Gasteiger partial charge in [0.15, 0.2) is 5.60 Å². The summed E-state index contributed by atoms with van der Waals surface area (Å²) < 4.78 is 6.68. The number of hydrogen-bond donors (Lipinski definition) is 1. The number of carboxylic acid groups (broad SMARTS) is 1. The van der Waals surface area contributed by atoms with Gasteiger partial charge in [-0.3, -0.25) is 0 Å². The van der Waals surface area contributed by atoms with Crippen molar-refractivity contribution in [3.63, 3.8) is 0 Å². The zero-order chi connectivity index (χ0) is 17.3. The molecule has 3 aromatic rings. The Morgan fingerprint density at radius 1 is 1.25 bits per heavy atom. The van der Waals surface area contributed by atoms with E-state index in [1.807, 2.05) is 24.3 Å². The molecule has 0 amide bonds. The Morgan fingerprint density at radius 3 is 2.58 bits per heavy atom. The minimum absolute atomic E-state index is 0.493. The average Bonchev–Trinajstić information content (AvgIpc) is 3.04. The first-order chi connectivity index (χ1) is 11.4. The van der Waals surface area contributed by atoms with Crippen molar-refractivity contribution in [2.24, 2.45) is 0 Å². The molecule has 2 aromatic carbocycles. The van der Waals surface area contributed by atoms with Gasteiger partial charge in [0.2, 0.25) is 0 Å². The van der Waals surface area contributed by atoms with Crippen LogP contribution in [-0.2, 0) is 4.79 Å². The highest BCUT2D eigenvalue weighted by Gasteiger charge is 2.31. The molecule has 0 spiro atoms. The lowest BCUT2D eigenvalue weighted by Gasteiger charge is -2.23. The van der Waals surface area contributed by atoms with E-state index in [1.165, 1.54) is 25.2 Å². The second-order valence-electron chi connectivity index (χ2n) is 5.75. The normalized spacial score (nSPS) is 11.2. The fraction of sp³-hybridized carbons (Fsp3) is 0.167. The highest BCUT2D eigenvalue weighted by atomic mass is 32.1. The Morgan fingerprint density at radius 2 is 1.96 bits per heavy atom. The lowest BCUT2D eigenvalue weighted by molar-refractivity contribution is -0.152. The van der Waals surface area contributed by atoms with Crippen molar-refractivity contribution < 1.29 is 14.6 Å². The summed E-state index contributed by atoms with van der Waals surface area (Å²) in [5.41, 5.74) is 3.26. The molecule has 0 radical (unpaired) electrons. The summed E-state index contributed by atoms with van der Waals surface area (Å²) in [7, 11) is 0. The second-order valence-corrected chi connectivity index (χ2v) is 6.60. The SMILES string of the molecule is CC(C)(Oc1c(-c2ccc(C#N)cc2)ccc2ncsc12)C(=O)O. The van der Waals surface area contributed by atoms with Gasteiger partial charge in [-0.2, -0.15) is 5.26 Å². The number of nitriles is 1. The molecule has 24 heavy (non-hydrogen) atoms. The van der Waals surface area contributed by atoms with Crippen molar-refractivity contribution in [2.45, 2.75) is 19.4 Å². The minimum Gasteiger partial charge on any atom is -0.478 e. The summed E-state index contributed by atoms with van der Waals surface area (Å²) >= 11 is 1.40. The van der Waals surface area contributed by atoms with Gasteiger partial charge in [0, 0.05) is 5.56 Å². The Bertz CT molecular complexity index is 953. The fourth-order valence-electron chi connectivity index (χ4n) is 2.26. The Kier molecular flexibility index (Phi) is 3.96. The number of benzene rings is 2. The van der Waals surface area contributed by atoms with Crippen LogP contribution in [0.1, 0.15) is 19.4 Å². The molecule has 0 saturated carbocycles. The summed E-state index contributed by atoms with van der Waals surface area (Å²) in [5.74, 6) is -0.554. The predicted molar refractivity (Wildman–Crippen MR) is 92.1 cm³/mol. The molecular formula is C18H14N2O3S. The number of aliphatic carboxylic acids is 1. The molecule has 0 aliphatic rings. The summed E-state index contributed by atoms with van der Waals surface area (Å²) in [6.45, 7) is 3.02. The lowest BCUT2D eigenvalue weighted by atomic mass is 10.0. The van der Waals surface area contributed by atoms with Gasteiger partial charge >= 0.3 is 5.97 Å². The summed E-state index contributed by atoms with van der Waals surface area (Å²) in [4.78, 5) is 15.7. The van der Waals surface area contributed by atoms with Crippen molar-refractivity contribution >= 4 is 27.5 Å². The van der Waals surface area contributed by atoms with Gasteiger partial charge in [0.1, 0.15) is 5.75 Å². The van der Waals surface area contributed by atoms with Crippen molar-refractivity contribution in [3.8, 4) is 22.9 Å². The van der Waals surface area contributed by atoms with E-state index in [9.17, 15) is 9.90 Å². The molecule has 1 N–H and O–H groups in total. The third-order valence-corrected chi connectivity index (χ3v) is 4.49. The largest absolute Gasteiger partial charge is 0.478 e. The molecule has 0 bridgehead atoms. The smallest absolute Gasteiger partial charge is 0.347 e. The van der Waals surface area contributed by atoms with Gasteiger partial charge in [-0.15, -0.1) is 11.3 Å². The van der Waals surface area contributed by atoms with Crippen molar-refractivity contribution in [2.75, 3.05) is 0 Å². The van der Waals surface area contributed by atoms with Gasteiger partial charge in [-0.05, 0) is 43.7 Å². The van der Waals surface area contributed by atoms with Crippen LogP contribution in [0.4, 0.5) is 0 Å². The van der Waals surface area contributed by atoms with Crippen molar-refractivity contribution in [1.82, 2.24) is 4.98 Å². The van der Waals surface area contributed by atoms with E-state index in [0.29, 0.717) is 11.3 Å². The predicted octanol–water partition coefficient (Wildman–Crippen LogP) is 4.08. The van der Waals surface area contributed by atoms with Gasteiger partial charge in [0.25, 0.3) is 0 Å². The Hall–Kier alpha value is -2.91. The number of ether oxygens (including phenoxy) is 1. The Balaban J connectivity index is 2.18. The third kappa shape index (κ3) is 2.82. The van der Waals surface area contributed by atoms with Gasteiger partial charge in [-0.25, -0.2) is 9.78 Å². The summed E-state index contributed by atoms with van der Waals surface area (Å²) in [6, 6.07) is 12.9. The van der Waals surface area contributed by atoms with Gasteiger partial charge < -0.3 is 9.84 Å². The molecule has 3 rings (SSSR count). The zero-order valence-electron chi connectivity index (χ0n) is 13.1. The van der Waals surface area contributed by atoms with Gasteiger partial charge in [0.05, 0.1) is 27.4 Å². The van der Waals surface area contributed by atoms with Crippen LogP contribution in [-0.4, -0.2) is 21.7 Å². The molecule has 1 heterocycles. The molecule has 1 aromatic heterocycles. The fourth-order valence-corrected chi connectivity index (χ4v) is 3.03. The van der Waals surface area contributed by atoms with Crippen LogP contribution in [0.3, 0.4) is 0 Å². The molecule has 0 aliphatic carbocycles. The van der Waals surface area contributed by atoms with Crippen LogP contribution in [0.2, 0.25) is 0 Å². The second kappa shape index (κ2) is 5.95. The maximum Gasteiger partial charge on any atom is 0.347 e. The van der Waals surface area contributed by atoms with E-state index in [2.05, 4.69) is 11.1 Å². The lowest BCUT2D eigenvalue weighted by Crippen LogP contribution is -2.38. The number of hydrogen-bond acceptors (Lipinski definition) is 5. The summed E-state index contributed by atoms with van der Waals surface area (Å²) in [6.07, 6.45) is 0. The molecule has 6 heteroatoms. The molecule has 0 fully saturated rings. The zero-order valence-corrected chi connectivity index (χ0v) is 13.9. The number of aromatic nitrogens is 1.